The van der Waals surface area contributed by atoms with Crippen LogP contribution >= 0.6 is 0 Å². The zero-order valence-electron chi connectivity index (χ0n) is 13.7. The second-order valence-electron chi connectivity index (χ2n) is 5.18. The number of nitro groups is 1. The lowest BCUT2D eigenvalue weighted by Crippen LogP contribution is -2.28. The fraction of sp³-hybridized carbons (Fsp3) is 0.188. The van der Waals surface area contributed by atoms with Crippen molar-refractivity contribution < 1.29 is 18.1 Å². The molecule has 0 aliphatic heterocycles. The molecule has 0 atom stereocenters. The van der Waals surface area contributed by atoms with Crippen molar-refractivity contribution in [3.05, 3.63) is 64.2 Å². The highest BCUT2D eigenvalue weighted by molar-refractivity contribution is 7.92. The molecule has 0 saturated heterocycles. The van der Waals surface area contributed by atoms with Crippen LogP contribution in [0.25, 0.3) is 0 Å². The third kappa shape index (κ3) is 4.32. The molecule has 0 unspecified atom stereocenters. The zero-order chi connectivity index (χ0) is 18.6. The summed E-state index contributed by atoms with van der Waals surface area (Å²) in [5, 5.41) is 13.3. The second kappa shape index (κ2) is 7.31. The third-order valence-corrected chi connectivity index (χ3v) is 5.36. The van der Waals surface area contributed by atoms with Crippen molar-refractivity contribution in [1.29, 1.82) is 0 Å². The van der Waals surface area contributed by atoms with Gasteiger partial charge >= 0.3 is 0 Å². The minimum atomic E-state index is -3.38. The molecule has 0 bridgehead atoms. The SMILES string of the molecule is CCS(=O)(=O)N(C)c1ccc(C(=O)Nc2cccc([N+](=O)[O-])c2)cc1. The maximum Gasteiger partial charge on any atom is 0.271 e. The van der Waals surface area contributed by atoms with E-state index in [2.05, 4.69) is 5.32 Å². The Morgan fingerprint density at radius 2 is 1.84 bits per heavy atom. The highest BCUT2D eigenvalue weighted by atomic mass is 32.2. The lowest BCUT2D eigenvalue weighted by Gasteiger charge is -2.18. The number of amides is 1. The summed E-state index contributed by atoms with van der Waals surface area (Å²) in [7, 11) is -1.94. The Kier molecular flexibility index (Phi) is 5.38. The number of benzene rings is 2. The minimum absolute atomic E-state index is 0.0292. The van der Waals surface area contributed by atoms with E-state index in [0.717, 1.165) is 4.31 Å². The van der Waals surface area contributed by atoms with Crippen molar-refractivity contribution in [3.63, 3.8) is 0 Å². The van der Waals surface area contributed by atoms with E-state index in [1.165, 1.54) is 49.5 Å². The van der Waals surface area contributed by atoms with E-state index >= 15 is 0 Å². The van der Waals surface area contributed by atoms with E-state index in [-0.39, 0.29) is 11.4 Å². The highest BCUT2D eigenvalue weighted by Gasteiger charge is 2.16. The normalized spacial score (nSPS) is 11.0. The maximum absolute atomic E-state index is 12.2. The number of carbonyl (C=O) groups excluding carboxylic acids is 1. The van der Waals surface area contributed by atoms with Crippen LogP contribution in [-0.4, -0.2) is 32.0 Å². The van der Waals surface area contributed by atoms with Crippen molar-refractivity contribution in [2.24, 2.45) is 0 Å². The Hall–Kier alpha value is -2.94. The zero-order valence-corrected chi connectivity index (χ0v) is 14.5. The van der Waals surface area contributed by atoms with Gasteiger partial charge < -0.3 is 5.32 Å². The molecular formula is C16H17N3O5S. The van der Waals surface area contributed by atoms with Crippen LogP contribution in [0.2, 0.25) is 0 Å². The van der Waals surface area contributed by atoms with Gasteiger partial charge in [-0.3, -0.25) is 19.2 Å². The first-order chi connectivity index (χ1) is 11.7. The predicted molar refractivity (Wildman–Crippen MR) is 95.4 cm³/mol. The summed E-state index contributed by atoms with van der Waals surface area (Å²) in [6, 6.07) is 11.6. The Balaban J connectivity index is 2.16. The van der Waals surface area contributed by atoms with E-state index in [0.29, 0.717) is 16.9 Å². The van der Waals surface area contributed by atoms with E-state index in [1.54, 1.807) is 13.0 Å². The van der Waals surface area contributed by atoms with Gasteiger partial charge in [-0.15, -0.1) is 0 Å². The summed E-state index contributed by atoms with van der Waals surface area (Å²) in [5.41, 5.74) is 0.916. The van der Waals surface area contributed by atoms with Crippen LogP contribution in [0, 0.1) is 10.1 Å². The first-order valence-corrected chi connectivity index (χ1v) is 8.98. The van der Waals surface area contributed by atoms with E-state index < -0.39 is 20.9 Å². The number of hydrogen-bond acceptors (Lipinski definition) is 5. The molecule has 0 aliphatic carbocycles. The molecule has 0 radical (unpaired) electrons. The Morgan fingerprint density at radius 1 is 1.20 bits per heavy atom. The largest absolute Gasteiger partial charge is 0.322 e. The summed E-state index contributed by atoms with van der Waals surface area (Å²) in [6.45, 7) is 1.55. The van der Waals surface area contributed by atoms with Crippen LogP contribution in [0.5, 0.6) is 0 Å². The Morgan fingerprint density at radius 3 is 2.40 bits per heavy atom. The molecule has 2 aromatic rings. The molecule has 1 amide bonds. The number of sulfonamides is 1. The molecule has 1 N–H and O–H groups in total. The molecule has 9 heteroatoms. The summed E-state index contributed by atoms with van der Waals surface area (Å²) >= 11 is 0. The van der Waals surface area contributed by atoms with Crippen molar-refractivity contribution in [2.75, 3.05) is 22.4 Å². The van der Waals surface area contributed by atoms with Gasteiger partial charge in [0.05, 0.1) is 16.4 Å². The van der Waals surface area contributed by atoms with Crippen molar-refractivity contribution >= 4 is 33.0 Å². The predicted octanol–water partition coefficient (Wildman–Crippen LogP) is 2.63. The second-order valence-corrected chi connectivity index (χ2v) is 7.47. The first-order valence-electron chi connectivity index (χ1n) is 7.37. The maximum atomic E-state index is 12.2. The summed E-state index contributed by atoms with van der Waals surface area (Å²) in [6.07, 6.45) is 0. The molecule has 2 aromatic carbocycles. The van der Waals surface area contributed by atoms with Gasteiger partial charge in [0.1, 0.15) is 0 Å². The van der Waals surface area contributed by atoms with E-state index in [4.69, 9.17) is 0 Å². The fourth-order valence-corrected chi connectivity index (χ4v) is 2.91. The molecule has 0 aromatic heterocycles. The summed E-state index contributed by atoms with van der Waals surface area (Å²) in [5.74, 6) is -0.480. The fourth-order valence-electron chi connectivity index (χ4n) is 2.08. The van der Waals surface area contributed by atoms with Crippen LogP contribution < -0.4 is 9.62 Å². The monoisotopic (exact) mass is 363 g/mol. The van der Waals surface area contributed by atoms with Crippen LogP contribution in [0.15, 0.2) is 48.5 Å². The Labute approximate surface area is 145 Å². The standard InChI is InChI=1S/C16H17N3O5S/c1-3-25(23,24)18(2)14-9-7-12(8-10-14)16(20)17-13-5-4-6-15(11-13)19(21)22/h4-11H,3H2,1-2H3,(H,17,20). The van der Waals surface area contributed by atoms with E-state index in [9.17, 15) is 23.3 Å². The topological polar surface area (TPSA) is 110 Å². The molecular weight excluding hydrogens is 346 g/mol. The van der Waals surface area contributed by atoms with Crippen molar-refractivity contribution in [1.82, 2.24) is 0 Å². The molecule has 0 saturated carbocycles. The average Bonchev–Trinajstić information content (AvgIpc) is 2.61. The molecule has 25 heavy (non-hydrogen) atoms. The lowest BCUT2D eigenvalue weighted by molar-refractivity contribution is -0.384. The number of nitrogens with one attached hydrogen (secondary N) is 1. The number of anilines is 2. The van der Waals surface area contributed by atoms with Crippen molar-refractivity contribution in [2.45, 2.75) is 6.92 Å². The number of hydrogen-bond donors (Lipinski definition) is 1. The minimum Gasteiger partial charge on any atom is -0.322 e. The number of carbonyl (C=O) groups is 1. The summed E-state index contributed by atoms with van der Waals surface area (Å²) < 4.78 is 24.8. The van der Waals surface area contributed by atoms with Crippen LogP contribution in [-0.2, 0) is 10.0 Å². The molecule has 2 rings (SSSR count). The quantitative estimate of drug-likeness (QED) is 0.627. The molecule has 0 spiro atoms. The van der Waals surface area contributed by atoms with Gasteiger partial charge in [0.25, 0.3) is 11.6 Å². The van der Waals surface area contributed by atoms with Gasteiger partial charge in [-0.1, -0.05) is 6.07 Å². The van der Waals surface area contributed by atoms with Crippen molar-refractivity contribution in [3.8, 4) is 0 Å². The molecule has 132 valence electrons. The number of rotatable bonds is 6. The summed E-state index contributed by atoms with van der Waals surface area (Å²) in [4.78, 5) is 22.4. The van der Waals surface area contributed by atoms with Gasteiger partial charge in [0.15, 0.2) is 0 Å². The van der Waals surface area contributed by atoms with E-state index in [1.807, 2.05) is 0 Å². The van der Waals surface area contributed by atoms with Crippen LogP contribution in [0.3, 0.4) is 0 Å². The molecule has 0 fully saturated rings. The first kappa shape index (κ1) is 18.4. The van der Waals surface area contributed by atoms with Gasteiger partial charge in [-0.25, -0.2) is 8.42 Å². The molecule has 8 nitrogen and oxygen atoms in total. The average molecular weight is 363 g/mol. The van der Waals surface area contributed by atoms with Gasteiger partial charge in [-0.05, 0) is 37.3 Å². The highest BCUT2D eigenvalue weighted by Crippen LogP contribution is 2.20. The molecule has 0 heterocycles. The van der Waals surface area contributed by atoms with Gasteiger partial charge in [0, 0.05) is 30.4 Å². The smallest absolute Gasteiger partial charge is 0.271 e. The van der Waals surface area contributed by atoms with Crippen LogP contribution in [0.4, 0.5) is 17.1 Å². The number of nitro benzene ring substituents is 1. The number of nitrogens with zero attached hydrogens (tertiary/aromatic N) is 2. The number of non-ortho nitro benzene ring substituents is 1. The Bertz CT molecular complexity index is 894. The lowest BCUT2D eigenvalue weighted by atomic mass is 10.2. The molecule has 0 aliphatic rings. The van der Waals surface area contributed by atoms with Gasteiger partial charge in [0.2, 0.25) is 10.0 Å². The third-order valence-electron chi connectivity index (χ3n) is 3.59. The van der Waals surface area contributed by atoms with Gasteiger partial charge in [-0.2, -0.15) is 0 Å². The van der Waals surface area contributed by atoms with Crippen LogP contribution in [0.1, 0.15) is 17.3 Å².